The summed E-state index contributed by atoms with van der Waals surface area (Å²) in [6.07, 6.45) is 4.74. The molecule has 1 aromatic carbocycles. The molecule has 2 rings (SSSR count). The van der Waals surface area contributed by atoms with Crippen LogP contribution >= 0.6 is 0 Å². The van der Waals surface area contributed by atoms with Gasteiger partial charge in [-0.1, -0.05) is 32.4 Å². The molecule has 0 aliphatic carbocycles. The highest BCUT2D eigenvalue weighted by molar-refractivity contribution is 5.27. The van der Waals surface area contributed by atoms with Gasteiger partial charge in [-0.25, -0.2) is 4.39 Å². The summed E-state index contributed by atoms with van der Waals surface area (Å²) < 4.78 is 13.2. The van der Waals surface area contributed by atoms with E-state index in [9.17, 15) is 4.39 Å². The van der Waals surface area contributed by atoms with Gasteiger partial charge in [0.25, 0.3) is 0 Å². The van der Waals surface area contributed by atoms with E-state index in [2.05, 4.69) is 25.7 Å². The fourth-order valence-electron chi connectivity index (χ4n) is 3.60. The summed E-state index contributed by atoms with van der Waals surface area (Å²) in [4.78, 5) is 2.51. The van der Waals surface area contributed by atoms with Crippen LogP contribution in [0.2, 0.25) is 0 Å². The van der Waals surface area contributed by atoms with E-state index in [0.717, 1.165) is 25.1 Å². The van der Waals surface area contributed by atoms with Crippen molar-refractivity contribution < 1.29 is 4.39 Å². The van der Waals surface area contributed by atoms with Gasteiger partial charge in [-0.15, -0.1) is 0 Å². The van der Waals surface area contributed by atoms with E-state index in [-0.39, 0.29) is 11.9 Å². The summed E-state index contributed by atoms with van der Waals surface area (Å²) >= 11 is 0. The largest absolute Gasteiger partial charge is 0.320 e. The summed E-state index contributed by atoms with van der Waals surface area (Å²) in [5.41, 5.74) is 7.51. The molecule has 1 saturated heterocycles. The smallest absolute Gasteiger partial charge is 0.123 e. The Bertz CT molecular complexity index is 437. The van der Waals surface area contributed by atoms with Crippen LogP contribution in [-0.2, 0) is 5.54 Å². The predicted molar refractivity (Wildman–Crippen MR) is 86.6 cm³/mol. The number of hydrogen-bond donors (Lipinski definition) is 1. The van der Waals surface area contributed by atoms with Crippen molar-refractivity contribution >= 4 is 0 Å². The number of nitrogens with zero attached hydrogens (tertiary/aromatic N) is 1. The maximum Gasteiger partial charge on any atom is 0.123 e. The first-order chi connectivity index (χ1) is 9.93. The second-order valence-electron chi connectivity index (χ2n) is 6.92. The zero-order valence-electron chi connectivity index (χ0n) is 13.6. The average Bonchev–Trinajstić information content (AvgIpc) is 2.47. The topological polar surface area (TPSA) is 29.3 Å². The molecule has 0 spiro atoms. The van der Waals surface area contributed by atoms with Crippen LogP contribution in [0.25, 0.3) is 0 Å². The Balaban J connectivity index is 2.28. The van der Waals surface area contributed by atoms with Crippen molar-refractivity contribution in [2.45, 2.75) is 58.0 Å². The van der Waals surface area contributed by atoms with E-state index < -0.39 is 5.54 Å². The van der Waals surface area contributed by atoms with Crippen molar-refractivity contribution in [1.29, 1.82) is 0 Å². The van der Waals surface area contributed by atoms with Gasteiger partial charge in [-0.05, 0) is 62.9 Å². The summed E-state index contributed by atoms with van der Waals surface area (Å²) in [5, 5.41) is 0. The zero-order valence-corrected chi connectivity index (χ0v) is 13.6. The Hall–Kier alpha value is -0.930. The van der Waals surface area contributed by atoms with Crippen LogP contribution in [-0.4, -0.2) is 24.0 Å². The molecule has 2 nitrogen and oxygen atoms in total. The number of halogens is 1. The molecule has 3 heteroatoms. The fourth-order valence-corrected chi connectivity index (χ4v) is 3.60. The average molecular weight is 292 g/mol. The summed E-state index contributed by atoms with van der Waals surface area (Å²) in [6, 6.07) is 7.04. The van der Waals surface area contributed by atoms with Crippen LogP contribution in [0, 0.1) is 11.7 Å². The molecule has 2 N–H and O–H groups in total. The van der Waals surface area contributed by atoms with Gasteiger partial charge in [-0.3, -0.25) is 4.90 Å². The molecular weight excluding hydrogens is 263 g/mol. The lowest BCUT2D eigenvalue weighted by atomic mass is 9.77. The predicted octanol–water partition coefficient (Wildman–Crippen LogP) is 3.90. The van der Waals surface area contributed by atoms with Crippen LogP contribution < -0.4 is 5.73 Å². The Kier molecular flexibility index (Phi) is 5.39. The molecule has 1 heterocycles. The minimum absolute atomic E-state index is 0.198. The summed E-state index contributed by atoms with van der Waals surface area (Å²) in [5.74, 6) is 0.309. The molecule has 0 aromatic heterocycles. The van der Waals surface area contributed by atoms with Crippen molar-refractivity contribution in [3.05, 3.63) is 35.6 Å². The quantitative estimate of drug-likeness (QED) is 0.892. The van der Waals surface area contributed by atoms with Crippen LogP contribution in [0.3, 0.4) is 0 Å². The summed E-state index contributed by atoms with van der Waals surface area (Å²) in [7, 11) is 0. The molecule has 2 unspecified atom stereocenters. The van der Waals surface area contributed by atoms with Gasteiger partial charge in [0, 0.05) is 6.04 Å². The van der Waals surface area contributed by atoms with E-state index in [0.29, 0.717) is 5.92 Å². The van der Waals surface area contributed by atoms with Crippen molar-refractivity contribution in [2.75, 3.05) is 13.1 Å². The van der Waals surface area contributed by atoms with E-state index >= 15 is 0 Å². The fraction of sp³-hybridized carbons (Fsp3) is 0.667. The molecule has 118 valence electrons. The van der Waals surface area contributed by atoms with E-state index in [1.165, 1.54) is 31.4 Å². The molecule has 21 heavy (non-hydrogen) atoms. The van der Waals surface area contributed by atoms with Crippen LogP contribution in [0.4, 0.5) is 4.39 Å². The van der Waals surface area contributed by atoms with E-state index in [1.807, 2.05) is 12.1 Å². The normalized spacial score (nSPS) is 21.2. The lowest BCUT2D eigenvalue weighted by Crippen LogP contribution is -2.56. The maximum absolute atomic E-state index is 13.2. The third-order valence-electron chi connectivity index (χ3n) is 4.81. The lowest BCUT2D eigenvalue weighted by molar-refractivity contribution is 0.0957. The van der Waals surface area contributed by atoms with E-state index in [4.69, 9.17) is 5.73 Å². The Morgan fingerprint density at radius 1 is 1.10 bits per heavy atom. The highest BCUT2D eigenvalue weighted by Gasteiger charge is 2.38. The molecular formula is C18H29FN2. The first-order valence-electron chi connectivity index (χ1n) is 8.22. The number of benzene rings is 1. The van der Waals surface area contributed by atoms with Gasteiger partial charge in [0.2, 0.25) is 0 Å². The Morgan fingerprint density at radius 3 is 2.19 bits per heavy atom. The highest BCUT2D eigenvalue weighted by Crippen LogP contribution is 2.33. The van der Waals surface area contributed by atoms with Gasteiger partial charge >= 0.3 is 0 Å². The second-order valence-corrected chi connectivity index (χ2v) is 6.92. The number of piperidine rings is 1. The van der Waals surface area contributed by atoms with Crippen molar-refractivity contribution in [1.82, 2.24) is 4.90 Å². The van der Waals surface area contributed by atoms with Gasteiger partial charge < -0.3 is 5.73 Å². The highest BCUT2D eigenvalue weighted by atomic mass is 19.1. The van der Waals surface area contributed by atoms with Crippen LogP contribution in [0.1, 0.15) is 52.0 Å². The van der Waals surface area contributed by atoms with Crippen molar-refractivity contribution in [3.63, 3.8) is 0 Å². The van der Waals surface area contributed by atoms with Gasteiger partial charge in [0.05, 0.1) is 5.54 Å². The molecule has 1 aromatic rings. The molecule has 1 fully saturated rings. The standard InChI is InChI=1S/C18H29FN2/c1-14(2)13-18(20,16-7-9-17(19)10-8-16)15(3)21-11-5-4-6-12-21/h7-10,14-15H,4-6,11-13,20H2,1-3H3. The first kappa shape index (κ1) is 16.4. The minimum Gasteiger partial charge on any atom is -0.320 e. The molecule has 0 bridgehead atoms. The SMILES string of the molecule is CC(C)CC(N)(c1ccc(F)cc1)C(C)N1CCCCC1. The molecule has 0 radical (unpaired) electrons. The van der Waals surface area contributed by atoms with E-state index in [1.54, 1.807) is 0 Å². The maximum atomic E-state index is 13.2. The van der Waals surface area contributed by atoms with Crippen LogP contribution in [0.15, 0.2) is 24.3 Å². The Morgan fingerprint density at radius 2 is 1.67 bits per heavy atom. The van der Waals surface area contributed by atoms with Crippen molar-refractivity contribution in [3.8, 4) is 0 Å². The third-order valence-corrected chi connectivity index (χ3v) is 4.81. The van der Waals surface area contributed by atoms with Gasteiger partial charge in [0.1, 0.15) is 5.82 Å². The number of nitrogens with two attached hydrogens (primary N) is 1. The number of rotatable bonds is 5. The lowest BCUT2D eigenvalue weighted by Gasteiger charge is -2.45. The number of likely N-dealkylation sites (tertiary alicyclic amines) is 1. The second kappa shape index (κ2) is 6.89. The van der Waals surface area contributed by atoms with Crippen molar-refractivity contribution in [2.24, 2.45) is 11.7 Å². The first-order valence-corrected chi connectivity index (χ1v) is 8.22. The Labute approximate surface area is 128 Å². The van der Waals surface area contributed by atoms with Gasteiger partial charge in [-0.2, -0.15) is 0 Å². The van der Waals surface area contributed by atoms with Gasteiger partial charge in [0.15, 0.2) is 0 Å². The molecule has 0 amide bonds. The monoisotopic (exact) mass is 292 g/mol. The minimum atomic E-state index is -0.417. The van der Waals surface area contributed by atoms with Crippen LogP contribution in [0.5, 0.6) is 0 Å². The molecule has 2 atom stereocenters. The summed E-state index contributed by atoms with van der Waals surface area (Å²) in [6.45, 7) is 8.89. The third kappa shape index (κ3) is 3.83. The molecule has 1 aliphatic rings. The molecule has 1 aliphatic heterocycles. The zero-order chi connectivity index (χ0) is 15.5. The molecule has 0 saturated carbocycles. The number of hydrogen-bond acceptors (Lipinski definition) is 2.